The zero-order valence-electron chi connectivity index (χ0n) is 10.6. The molecule has 5 heteroatoms. The molecule has 0 unspecified atom stereocenters. The second kappa shape index (κ2) is 5.24. The number of aromatic amines is 1. The molecule has 0 radical (unpaired) electrons. The van der Waals surface area contributed by atoms with E-state index in [4.69, 9.17) is 0 Å². The van der Waals surface area contributed by atoms with E-state index >= 15 is 0 Å². The number of nitrogens with one attached hydrogen (secondary N) is 2. The monoisotopic (exact) mass is 256 g/mol. The normalized spacial score (nSPS) is 15.5. The van der Waals surface area contributed by atoms with Crippen molar-refractivity contribution in [2.45, 2.75) is 0 Å². The van der Waals surface area contributed by atoms with Crippen LogP contribution < -0.4 is 15.8 Å². The Hall–Kier alpha value is -2.14. The maximum absolute atomic E-state index is 12.1. The Morgan fingerprint density at radius 3 is 2.53 bits per heavy atom. The van der Waals surface area contributed by atoms with E-state index in [1.54, 1.807) is 6.20 Å². The van der Waals surface area contributed by atoms with E-state index in [1.165, 1.54) is 0 Å². The predicted molar refractivity (Wildman–Crippen MR) is 75.4 cm³/mol. The molecular formula is C14H16N4O. The largest absolute Gasteiger partial charge is 0.340 e. The second-order valence-electron chi connectivity index (χ2n) is 4.55. The van der Waals surface area contributed by atoms with Gasteiger partial charge >= 0.3 is 0 Å². The summed E-state index contributed by atoms with van der Waals surface area (Å²) in [4.78, 5) is 21.5. The fourth-order valence-corrected chi connectivity index (χ4v) is 2.25. The number of anilines is 1. The number of piperazine rings is 1. The lowest BCUT2D eigenvalue weighted by Crippen LogP contribution is -2.44. The van der Waals surface area contributed by atoms with Gasteiger partial charge in [-0.05, 0) is 5.56 Å². The topological polar surface area (TPSA) is 61.0 Å². The summed E-state index contributed by atoms with van der Waals surface area (Å²) >= 11 is 0. The molecule has 5 nitrogen and oxygen atoms in total. The Morgan fingerprint density at radius 1 is 1.11 bits per heavy atom. The summed E-state index contributed by atoms with van der Waals surface area (Å²) in [6, 6.07) is 9.59. The van der Waals surface area contributed by atoms with Gasteiger partial charge in [0.25, 0.3) is 5.56 Å². The third-order valence-electron chi connectivity index (χ3n) is 3.29. The van der Waals surface area contributed by atoms with Crippen molar-refractivity contribution in [3.8, 4) is 11.1 Å². The van der Waals surface area contributed by atoms with Crippen LogP contribution >= 0.6 is 0 Å². The van der Waals surface area contributed by atoms with Gasteiger partial charge in [-0.25, -0.2) is 4.98 Å². The van der Waals surface area contributed by atoms with Gasteiger partial charge in [0.05, 0.1) is 5.56 Å². The molecule has 19 heavy (non-hydrogen) atoms. The molecule has 1 aromatic carbocycles. The summed E-state index contributed by atoms with van der Waals surface area (Å²) in [7, 11) is 0. The highest BCUT2D eigenvalue weighted by atomic mass is 16.1. The van der Waals surface area contributed by atoms with Crippen LogP contribution in [0.4, 0.5) is 5.95 Å². The lowest BCUT2D eigenvalue weighted by molar-refractivity contribution is 0.579. The van der Waals surface area contributed by atoms with E-state index in [9.17, 15) is 4.79 Å². The first-order chi connectivity index (χ1) is 9.34. The van der Waals surface area contributed by atoms with Crippen molar-refractivity contribution >= 4 is 5.95 Å². The van der Waals surface area contributed by atoms with E-state index in [1.807, 2.05) is 30.3 Å². The smallest absolute Gasteiger partial charge is 0.260 e. The lowest BCUT2D eigenvalue weighted by Gasteiger charge is -2.27. The maximum atomic E-state index is 12.1. The molecule has 0 aliphatic carbocycles. The van der Waals surface area contributed by atoms with E-state index < -0.39 is 0 Å². The van der Waals surface area contributed by atoms with Crippen molar-refractivity contribution in [2.24, 2.45) is 0 Å². The zero-order valence-corrected chi connectivity index (χ0v) is 10.6. The molecule has 1 aromatic heterocycles. The minimum atomic E-state index is -0.0882. The fraction of sp³-hybridized carbons (Fsp3) is 0.286. The number of benzene rings is 1. The number of aromatic nitrogens is 2. The van der Waals surface area contributed by atoms with Crippen molar-refractivity contribution in [1.82, 2.24) is 15.3 Å². The molecule has 0 amide bonds. The Balaban J connectivity index is 1.92. The molecule has 0 atom stereocenters. The standard InChI is InChI=1S/C14H16N4O/c19-13-12(11-4-2-1-3-5-11)10-16-14(17-13)18-8-6-15-7-9-18/h1-5,10,15H,6-9H2,(H,16,17,19). The summed E-state index contributed by atoms with van der Waals surface area (Å²) in [6.07, 6.45) is 1.66. The molecule has 2 aromatic rings. The minimum Gasteiger partial charge on any atom is -0.340 e. The highest BCUT2D eigenvalue weighted by molar-refractivity contribution is 5.61. The van der Waals surface area contributed by atoms with Crippen molar-refractivity contribution in [1.29, 1.82) is 0 Å². The third-order valence-corrected chi connectivity index (χ3v) is 3.29. The van der Waals surface area contributed by atoms with Crippen LogP contribution in [0.3, 0.4) is 0 Å². The third kappa shape index (κ3) is 2.51. The molecule has 3 rings (SSSR count). The van der Waals surface area contributed by atoms with Gasteiger partial charge in [0.2, 0.25) is 5.95 Å². The van der Waals surface area contributed by atoms with Crippen LogP contribution in [0.1, 0.15) is 0 Å². The van der Waals surface area contributed by atoms with Crippen LogP contribution in [-0.2, 0) is 0 Å². The Labute approximate surface area is 111 Å². The van der Waals surface area contributed by atoms with Crippen molar-refractivity contribution in [3.05, 3.63) is 46.9 Å². The van der Waals surface area contributed by atoms with Gasteiger partial charge in [-0.3, -0.25) is 9.78 Å². The molecule has 1 aliphatic rings. The maximum Gasteiger partial charge on any atom is 0.260 e. The second-order valence-corrected chi connectivity index (χ2v) is 4.55. The van der Waals surface area contributed by atoms with Gasteiger partial charge in [0.15, 0.2) is 0 Å². The number of rotatable bonds is 2. The van der Waals surface area contributed by atoms with Gasteiger partial charge < -0.3 is 10.2 Å². The molecule has 0 bridgehead atoms. The lowest BCUT2D eigenvalue weighted by atomic mass is 10.1. The van der Waals surface area contributed by atoms with Crippen LogP contribution in [0.2, 0.25) is 0 Å². The Morgan fingerprint density at radius 2 is 1.84 bits per heavy atom. The van der Waals surface area contributed by atoms with Crippen LogP contribution in [-0.4, -0.2) is 36.1 Å². The number of H-pyrrole nitrogens is 1. The van der Waals surface area contributed by atoms with E-state index in [2.05, 4.69) is 20.2 Å². The van der Waals surface area contributed by atoms with Crippen LogP contribution in [0.5, 0.6) is 0 Å². The first-order valence-corrected chi connectivity index (χ1v) is 6.45. The summed E-state index contributed by atoms with van der Waals surface area (Å²) in [5.74, 6) is 0.659. The van der Waals surface area contributed by atoms with Crippen molar-refractivity contribution in [2.75, 3.05) is 31.1 Å². The minimum absolute atomic E-state index is 0.0882. The Bertz CT molecular complexity index is 602. The highest BCUT2D eigenvalue weighted by Gasteiger charge is 2.13. The first kappa shape index (κ1) is 11.9. The molecule has 1 saturated heterocycles. The molecular weight excluding hydrogens is 240 g/mol. The molecule has 0 spiro atoms. The number of hydrogen-bond acceptors (Lipinski definition) is 4. The molecule has 0 saturated carbocycles. The summed E-state index contributed by atoms with van der Waals surface area (Å²) in [6.45, 7) is 3.58. The average molecular weight is 256 g/mol. The molecule has 2 heterocycles. The van der Waals surface area contributed by atoms with Gasteiger partial charge in [-0.2, -0.15) is 0 Å². The fourth-order valence-electron chi connectivity index (χ4n) is 2.25. The van der Waals surface area contributed by atoms with Gasteiger partial charge in [0, 0.05) is 32.4 Å². The van der Waals surface area contributed by atoms with Crippen LogP contribution in [0.15, 0.2) is 41.3 Å². The van der Waals surface area contributed by atoms with Crippen molar-refractivity contribution < 1.29 is 0 Å². The van der Waals surface area contributed by atoms with Gasteiger partial charge in [-0.15, -0.1) is 0 Å². The average Bonchev–Trinajstić information content (AvgIpc) is 2.49. The van der Waals surface area contributed by atoms with Crippen LogP contribution in [0, 0.1) is 0 Å². The summed E-state index contributed by atoms with van der Waals surface area (Å²) in [5, 5.41) is 3.27. The van der Waals surface area contributed by atoms with E-state index in [0.717, 1.165) is 31.7 Å². The highest BCUT2D eigenvalue weighted by Crippen LogP contribution is 2.14. The van der Waals surface area contributed by atoms with Gasteiger partial charge in [-0.1, -0.05) is 30.3 Å². The number of hydrogen-bond donors (Lipinski definition) is 2. The molecule has 1 aliphatic heterocycles. The van der Waals surface area contributed by atoms with Crippen molar-refractivity contribution in [3.63, 3.8) is 0 Å². The van der Waals surface area contributed by atoms with Crippen LogP contribution in [0.25, 0.3) is 11.1 Å². The number of nitrogens with zero attached hydrogens (tertiary/aromatic N) is 2. The predicted octanol–water partition coefficient (Wildman–Crippen LogP) is 0.846. The van der Waals surface area contributed by atoms with E-state index in [-0.39, 0.29) is 5.56 Å². The molecule has 98 valence electrons. The Kier molecular flexibility index (Phi) is 3.29. The molecule has 2 N–H and O–H groups in total. The SMILES string of the molecule is O=c1[nH]c(N2CCNCC2)ncc1-c1ccccc1. The zero-order chi connectivity index (χ0) is 13.1. The first-order valence-electron chi connectivity index (χ1n) is 6.45. The van der Waals surface area contributed by atoms with E-state index in [0.29, 0.717) is 11.5 Å². The summed E-state index contributed by atoms with van der Waals surface area (Å²) < 4.78 is 0. The molecule has 1 fully saturated rings. The summed E-state index contributed by atoms with van der Waals surface area (Å²) in [5.41, 5.74) is 1.41. The quantitative estimate of drug-likeness (QED) is 0.836. The van der Waals surface area contributed by atoms with Gasteiger partial charge in [0.1, 0.15) is 0 Å².